The third kappa shape index (κ3) is 1.76. The highest BCUT2D eigenvalue weighted by Crippen LogP contribution is 2.65. The SMILES string of the molecule is C[C@]12C[C@H](O)[C@H]3[C@@H](C=CC4=CC(=O)CC[C@@]43CO)[C@@]1(O)CC[C@H]2O. The second kappa shape index (κ2) is 5.01. The van der Waals surface area contributed by atoms with Crippen LogP contribution in [0.15, 0.2) is 23.8 Å². The van der Waals surface area contributed by atoms with E-state index in [2.05, 4.69) is 0 Å². The Bertz CT molecular complexity index is 640. The van der Waals surface area contributed by atoms with E-state index in [1.165, 1.54) is 0 Å². The Labute approximate surface area is 141 Å². The molecule has 7 atom stereocenters. The molecule has 4 rings (SSSR count). The maximum atomic E-state index is 11.8. The number of rotatable bonds is 1. The van der Waals surface area contributed by atoms with Crippen LogP contribution >= 0.6 is 0 Å². The summed E-state index contributed by atoms with van der Waals surface area (Å²) in [5, 5.41) is 43.2. The molecule has 2 fully saturated rings. The van der Waals surface area contributed by atoms with E-state index >= 15 is 0 Å². The van der Waals surface area contributed by atoms with E-state index < -0.39 is 28.6 Å². The van der Waals surface area contributed by atoms with E-state index in [9.17, 15) is 25.2 Å². The van der Waals surface area contributed by atoms with Gasteiger partial charge in [-0.25, -0.2) is 0 Å². The van der Waals surface area contributed by atoms with Crippen molar-refractivity contribution in [3.63, 3.8) is 0 Å². The Hall–Kier alpha value is -1.01. The Morgan fingerprint density at radius 1 is 1.29 bits per heavy atom. The molecule has 5 heteroatoms. The van der Waals surface area contributed by atoms with E-state index in [4.69, 9.17) is 0 Å². The molecule has 132 valence electrons. The quantitative estimate of drug-likeness (QED) is 0.566. The van der Waals surface area contributed by atoms with Crippen LogP contribution in [-0.4, -0.2) is 50.6 Å². The van der Waals surface area contributed by atoms with E-state index in [0.717, 1.165) is 5.57 Å². The van der Waals surface area contributed by atoms with Crippen LogP contribution in [-0.2, 0) is 4.79 Å². The first-order valence-corrected chi connectivity index (χ1v) is 8.91. The number of hydrogen-bond acceptors (Lipinski definition) is 5. The van der Waals surface area contributed by atoms with Gasteiger partial charge in [-0.2, -0.15) is 0 Å². The first kappa shape index (κ1) is 16.5. The highest BCUT2D eigenvalue weighted by atomic mass is 16.3. The molecule has 0 aliphatic heterocycles. The second-order valence-electron chi connectivity index (χ2n) is 8.46. The minimum atomic E-state index is -1.10. The van der Waals surface area contributed by atoms with Gasteiger partial charge in [0.15, 0.2) is 5.78 Å². The Morgan fingerprint density at radius 3 is 2.75 bits per heavy atom. The van der Waals surface area contributed by atoms with Gasteiger partial charge in [-0.05, 0) is 37.3 Å². The van der Waals surface area contributed by atoms with Crippen LogP contribution in [0.5, 0.6) is 0 Å². The van der Waals surface area contributed by atoms with Crippen LogP contribution in [0.25, 0.3) is 0 Å². The number of hydrogen-bond donors (Lipinski definition) is 4. The predicted octanol–water partition coefficient (Wildman–Crippen LogP) is 0.713. The molecule has 0 aromatic heterocycles. The van der Waals surface area contributed by atoms with Gasteiger partial charge in [0.2, 0.25) is 0 Å². The molecule has 0 radical (unpaired) electrons. The van der Waals surface area contributed by atoms with Crippen molar-refractivity contribution in [1.29, 1.82) is 0 Å². The van der Waals surface area contributed by atoms with Gasteiger partial charge in [0, 0.05) is 29.1 Å². The lowest BCUT2D eigenvalue weighted by molar-refractivity contribution is -0.212. The molecule has 0 spiro atoms. The number of carbonyl (C=O) groups excluding carboxylic acids is 1. The zero-order valence-electron chi connectivity index (χ0n) is 14.0. The van der Waals surface area contributed by atoms with Crippen molar-refractivity contribution < 1.29 is 25.2 Å². The van der Waals surface area contributed by atoms with Crippen molar-refractivity contribution in [3.8, 4) is 0 Å². The molecule has 0 heterocycles. The molecule has 0 amide bonds. The topological polar surface area (TPSA) is 98.0 Å². The fraction of sp³-hybridized carbons (Fsp3) is 0.737. The van der Waals surface area contributed by atoms with Gasteiger partial charge in [-0.1, -0.05) is 19.1 Å². The molecule has 0 aromatic rings. The number of carbonyl (C=O) groups is 1. The molecule has 5 nitrogen and oxygen atoms in total. The largest absolute Gasteiger partial charge is 0.395 e. The lowest BCUT2D eigenvalue weighted by Crippen LogP contribution is -2.65. The lowest BCUT2D eigenvalue weighted by atomic mass is 9.46. The summed E-state index contributed by atoms with van der Waals surface area (Å²) >= 11 is 0. The van der Waals surface area contributed by atoms with Crippen molar-refractivity contribution in [2.75, 3.05) is 6.61 Å². The zero-order chi connectivity index (χ0) is 17.3. The monoisotopic (exact) mass is 334 g/mol. The van der Waals surface area contributed by atoms with E-state index in [1.807, 2.05) is 19.1 Å². The van der Waals surface area contributed by atoms with Crippen LogP contribution in [0.1, 0.15) is 39.0 Å². The summed E-state index contributed by atoms with van der Waals surface area (Å²) in [7, 11) is 0. The van der Waals surface area contributed by atoms with Crippen molar-refractivity contribution in [3.05, 3.63) is 23.8 Å². The summed E-state index contributed by atoms with van der Waals surface area (Å²) in [6, 6.07) is 0. The minimum Gasteiger partial charge on any atom is -0.395 e. The van der Waals surface area contributed by atoms with Crippen LogP contribution in [0.2, 0.25) is 0 Å². The normalized spacial score (nSPS) is 53.2. The van der Waals surface area contributed by atoms with Crippen LogP contribution < -0.4 is 0 Å². The Kier molecular flexibility index (Phi) is 3.43. The summed E-state index contributed by atoms with van der Waals surface area (Å²) in [5.41, 5.74) is -1.76. The van der Waals surface area contributed by atoms with Crippen molar-refractivity contribution in [2.45, 2.75) is 56.8 Å². The summed E-state index contributed by atoms with van der Waals surface area (Å²) in [5.74, 6) is -0.626. The van der Waals surface area contributed by atoms with Gasteiger partial charge in [0.1, 0.15) is 0 Å². The Morgan fingerprint density at radius 2 is 2.04 bits per heavy atom. The predicted molar refractivity (Wildman–Crippen MR) is 86.9 cm³/mol. The van der Waals surface area contributed by atoms with E-state index in [-0.39, 0.29) is 24.2 Å². The number of ketones is 1. The molecule has 4 N–H and O–H groups in total. The lowest BCUT2D eigenvalue weighted by Gasteiger charge is -2.61. The molecule has 0 bridgehead atoms. The molecule has 2 saturated carbocycles. The fourth-order valence-electron chi connectivity index (χ4n) is 6.13. The van der Waals surface area contributed by atoms with Gasteiger partial charge in [-0.15, -0.1) is 0 Å². The summed E-state index contributed by atoms with van der Waals surface area (Å²) < 4.78 is 0. The van der Waals surface area contributed by atoms with Crippen molar-refractivity contribution in [1.82, 2.24) is 0 Å². The van der Waals surface area contributed by atoms with Gasteiger partial charge in [-0.3, -0.25) is 4.79 Å². The highest BCUT2D eigenvalue weighted by molar-refractivity contribution is 5.92. The summed E-state index contributed by atoms with van der Waals surface area (Å²) in [6.07, 6.45) is 6.11. The molecule has 0 unspecified atom stereocenters. The average Bonchev–Trinajstić information content (AvgIpc) is 2.79. The molecular formula is C19H26O5. The van der Waals surface area contributed by atoms with Gasteiger partial charge >= 0.3 is 0 Å². The van der Waals surface area contributed by atoms with E-state index in [0.29, 0.717) is 32.1 Å². The number of aliphatic hydroxyl groups excluding tert-OH is 3. The van der Waals surface area contributed by atoms with Crippen LogP contribution in [0.3, 0.4) is 0 Å². The van der Waals surface area contributed by atoms with Crippen LogP contribution in [0, 0.1) is 22.7 Å². The molecular weight excluding hydrogens is 308 g/mol. The second-order valence-corrected chi connectivity index (χ2v) is 8.46. The van der Waals surface area contributed by atoms with Crippen molar-refractivity contribution in [2.24, 2.45) is 22.7 Å². The zero-order valence-corrected chi connectivity index (χ0v) is 14.0. The number of aliphatic hydroxyl groups is 4. The van der Waals surface area contributed by atoms with Crippen molar-refractivity contribution >= 4 is 5.78 Å². The molecule has 4 aliphatic carbocycles. The third-order valence-electron chi connectivity index (χ3n) is 7.62. The Balaban J connectivity index is 1.87. The fourth-order valence-corrected chi connectivity index (χ4v) is 6.13. The molecule has 4 aliphatic rings. The van der Waals surface area contributed by atoms with E-state index in [1.54, 1.807) is 6.08 Å². The third-order valence-corrected chi connectivity index (χ3v) is 7.62. The van der Waals surface area contributed by atoms with Gasteiger partial charge in [0.05, 0.1) is 24.4 Å². The number of allylic oxidation sites excluding steroid dienone is 2. The number of fused-ring (bicyclic) bond motifs is 5. The molecule has 24 heavy (non-hydrogen) atoms. The highest BCUT2D eigenvalue weighted by Gasteiger charge is 2.68. The minimum absolute atomic E-state index is 0.0438. The maximum absolute atomic E-state index is 11.8. The summed E-state index contributed by atoms with van der Waals surface area (Å²) in [6.45, 7) is 1.71. The maximum Gasteiger partial charge on any atom is 0.156 e. The molecule has 0 saturated heterocycles. The first-order chi connectivity index (χ1) is 11.3. The van der Waals surface area contributed by atoms with Gasteiger partial charge in [0.25, 0.3) is 0 Å². The standard InChI is InChI=1S/C19H26O5/c1-17-9-14(22)16-13(19(17,24)7-5-15(17)23)3-2-11-8-12(21)4-6-18(11,16)10-20/h2-3,8,13-16,20,22-24H,4-7,9-10H2,1H3/t13-,14+,15-,16-,17-,18-,19+/m1/s1. The average molecular weight is 334 g/mol. The first-order valence-electron chi connectivity index (χ1n) is 8.91. The van der Waals surface area contributed by atoms with Crippen LogP contribution in [0.4, 0.5) is 0 Å². The smallest absolute Gasteiger partial charge is 0.156 e. The summed E-state index contributed by atoms with van der Waals surface area (Å²) in [4.78, 5) is 11.8. The molecule has 0 aromatic carbocycles. The van der Waals surface area contributed by atoms with Gasteiger partial charge < -0.3 is 20.4 Å².